The van der Waals surface area contributed by atoms with E-state index < -0.39 is 5.63 Å². The molecular formula is C21H15Cl2N3O4. The van der Waals surface area contributed by atoms with Crippen molar-refractivity contribution in [3.8, 4) is 22.6 Å². The molecule has 0 aliphatic heterocycles. The second-order valence-electron chi connectivity index (χ2n) is 6.18. The van der Waals surface area contributed by atoms with Crippen molar-refractivity contribution < 1.29 is 13.9 Å². The normalized spacial score (nSPS) is 10.8. The lowest BCUT2D eigenvalue weighted by Crippen LogP contribution is -2.06. The van der Waals surface area contributed by atoms with Crippen LogP contribution in [0.3, 0.4) is 0 Å². The maximum atomic E-state index is 12.8. The fourth-order valence-electron chi connectivity index (χ4n) is 2.92. The molecule has 2 heterocycles. The van der Waals surface area contributed by atoms with E-state index in [2.05, 4.69) is 15.3 Å². The highest BCUT2D eigenvalue weighted by Gasteiger charge is 2.22. The molecule has 2 aromatic carbocycles. The minimum absolute atomic E-state index is 0.124. The van der Waals surface area contributed by atoms with Gasteiger partial charge < -0.3 is 19.2 Å². The molecular weight excluding hydrogens is 429 g/mol. The number of para-hydroxylation sites is 1. The SMILES string of the molecule is COc1cc(OC)c(Cl)c(-c2cc3cnc(Nc4ccccc4)nc3oc2=O)c1Cl. The zero-order chi connectivity index (χ0) is 21.3. The molecule has 30 heavy (non-hydrogen) atoms. The zero-order valence-corrected chi connectivity index (χ0v) is 17.4. The van der Waals surface area contributed by atoms with Crippen molar-refractivity contribution in [3.05, 3.63) is 69.1 Å². The van der Waals surface area contributed by atoms with Gasteiger partial charge in [-0.1, -0.05) is 41.4 Å². The van der Waals surface area contributed by atoms with Crippen LogP contribution in [0.2, 0.25) is 10.0 Å². The Hall–Kier alpha value is -3.29. The largest absolute Gasteiger partial charge is 0.495 e. The summed E-state index contributed by atoms with van der Waals surface area (Å²) >= 11 is 12.9. The molecule has 0 saturated heterocycles. The first-order valence-electron chi connectivity index (χ1n) is 8.75. The Bertz CT molecular complexity index is 1260. The lowest BCUT2D eigenvalue weighted by atomic mass is 10.1. The van der Waals surface area contributed by atoms with Crippen LogP contribution in [0.25, 0.3) is 22.2 Å². The predicted molar refractivity (Wildman–Crippen MR) is 116 cm³/mol. The second kappa shape index (κ2) is 8.22. The topological polar surface area (TPSA) is 86.5 Å². The molecule has 2 aromatic heterocycles. The molecule has 1 N–H and O–H groups in total. The monoisotopic (exact) mass is 443 g/mol. The van der Waals surface area contributed by atoms with E-state index in [9.17, 15) is 4.79 Å². The highest BCUT2D eigenvalue weighted by atomic mass is 35.5. The third kappa shape index (κ3) is 3.65. The molecule has 4 rings (SSSR count). The van der Waals surface area contributed by atoms with Crippen molar-refractivity contribution in [1.82, 2.24) is 9.97 Å². The summed E-state index contributed by atoms with van der Waals surface area (Å²) in [6.07, 6.45) is 1.54. The van der Waals surface area contributed by atoms with Crippen LogP contribution in [0.1, 0.15) is 0 Å². The average Bonchev–Trinajstić information content (AvgIpc) is 2.75. The van der Waals surface area contributed by atoms with Crippen molar-refractivity contribution >= 4 is 45.9 Å². The number of aromatic nitrogens is 2. The molecule has 0 radical (unpaired) electrons. The highest BCUT2D eigenvalue weighted by Crippen LogP contribution is 2.45. The van der Waals surface area contributed by atoms with Gasteiger partial charge in [-0.15, -0.1) is 0 Å². The Kier molecular flexibility index (Phi) is 5.48. The first-order valence-corrected chi connectivity index (χ1v) is 9.50. The number of anilines is 2. The number of rotatable bonds is 5. The van der Waals surface area contributed by atoms with Gasteiger partial charge in [-0.05, 0) is 18.2 Å². The number of methoxy groups -OCH3 is 2. The molecule has 152 valence electrons. The predicted octanol–water partition coefficient (Wildman–Crippen LogP) is 5.32. The van der Waals surface area contributed by atoms with Crippen LogP contribution < -0.4 is 20.4 Å². The summed E-state index contributed by atoms with van der Waals surface area (Å²) in [5.41, 5.74) is 0.654. The maximum absolute atomic E-state index is 12.8. The van der Waals surface area contributed by atoms with Crippen molar-refractivity contribution in [2.45, 2.75) is 0 Å². The number of hydrogen-bond acceptors (Lipinski definition) is 7. The summed E-state index contributed by atoms with van der Waals surface area (Å²) in [6.45, 7) is 0. The lowest BCUT2D eigenvalue weighted by Gasteiger charge is -2.14. The Balaban J connectivity index is 1.83. The van der Waals surface area contributed by atoms with Gasteiger partial charge in [0.25, 0.3) is 0 Å². The van der Waals surface area contributed by atoms with E-state index in [-0.39, 0.29) is 26.9 Å². The van der Waals surface area contributed by atoms with E-state index in [1.54, 1.807) is 18.3 Å². The first kappa shape index (κ1) is 20.0. The van der Waals surface area contributed by atoms with Crippen LogP contribution in [0.15, 0.2) is 57.9 Å². The van der Waals surface area contributed by atoms with Gasteiger partial charge in [0.2, 0.25) is 11.7 Å². The van der Waals surface area contributed by atoms with Gasteiger partial charge in [-0.3, -0.25) is 0 Å². The molecule has 0 fully saturated rings. The number of nitrogens with one attached hydrogen (secondary N) is 1. The summed E-state index contributed by atoms with van der Waals surface area (Å²) in [4.78, 5) is 21.3. The number of hydrogen-bond donors (Lipinski definition) is 1. The third-order valence-corrected chi connectivity index (χ3v) is 5.11. The summed E-state index contributed by atoms with van der Waals surface area (Å²) in [5.74, 6) is 0.917. The van der Waals surface area contributed by atoms with Crippen LogP contribution in [0.5, 0.6) is 11.5 Å². The van der Waals surface area contributed by atoms with Crippen LogP contribution in [-0.4, -0.2) is 24.2 Å². The number of fused-ring (bicyclic) bond motifs is 1. The maximum Gasteiger partial charge on any atom is 0.345 e. The van der Waals surface area contributed by atoms with Crippen molar-refractivity contribution in [2.24, 2.45) is 0 Å². The third-order valence-electron chi connectivity index (χ3n) is 4.36. The van der Waals surface area contributed by atoms with Crippen molar-refractivity contribution in [2.75, 3.05) is 19.5 Å². The molecule has 0 aliphatic carbocycles. The molecule has 0 amide bonds. The molecule has 9 heteroatoms. The van der Waals surface area contributed by atoms with Crippen molar-refractivity contribution in [3.63, 3.8) is 0 Å². The van der Waals surface area contributed by atoms with E-state index in [1.165, 1.54) is 14.2 Å². The Morgan fingerprint density at radius 3 is 2.30 bits per heavy atom. The Morgan fingerprint density at radius 1 is 1.00 bits per heavy atom. The van der Waals surface area contributed by atoms with E-state index in [1.807, 2.05) is 30.3 Å². The van der Waals surface area contributed by atoms with Gasteiger partial charge in [0, 0.05) is 23.5 Å². The van der Waals surface area contributed by atoms with Gasteiger partial charge in [0.1, 0.15) is 11.5 Å². The molecule has 0 spiro atoms. The summed E-state index contributed by atoms with van der Waals surface area (Å²) in [6, 6.07) is 12.5. The molecule has 0 saturated carbocycles. The van der Waals surface area contributed by atoms with Gasteiger partial charge in [-0.25, -0.2) is 9.78 Å². The molecule has 4 aromatic rings. The highest BCUT2D eigenvalue weighted by molar-refractivity contribution is 6.41. The second-order valence-corrected chi connectivity index (χ2v) is 6.93. The number of ether oxygens (including phenoxy) is 2. The number of halogens is 2. The average molecular weight is 444 g/mol. The smallest absolute Gasteiger partial charge is 0.345 e. The number of benzene rings is 2. The van der Waals surface area contributed by atoms with E-state index in [4.69, 9.17) is 37.1 Å². The lowest BCUT2D eigenvalue weighted by molar-refractivity contribution is 0.395. The van der Waals surface area contributed by atoms with Crippen molar-refractivity contribution in [1.29, 1.82) is 0 Å². The van der Waals surface area contributed by atoms with Crippen LogP contribution in [0.4, 0.5) is 11.6 Å². The molecule has 0 unspecified atom stereocenters. The van der Waals surface area contributed by atoms with Crippen LogP contribution >= 0.6 is 23.2 Å². The molecule has 0 bridgehead atoms. The quantitative estimate of drug-likeness (QED) is 0.446. The van der Waals surface area contributed by atoms with E-state index in [0.29, 0.717) is 22.8 Å². The van der Waals surface area contributed by atoms with Gasteiger partial charge in [0.05, 0.1) is 35.2 Å². The Morgan fingerprint density at radius 2 is 1.67 bits per heavy atom. The Labute approximate surface area is 181 Å². The molecule has 0 aliphatic rings. The fourth-order valence-corrected chi connectivity index (χ4v) is 3.62. The fraction of sp³-hybridized carbons (Fsp3) is 0.0952. The van der Waals surface area contributed by atoms with Crippen LogP contribution in [0, 0.1) is 0 Å². The van der Waals surface area contributed by atoms with Gasteiger partial charge in [-0.2, -0.15) is 4.98 Å². The minimum Gasteiger partial charge on any atom is -0.495 e. The molecule has 0 atom stereocenters. The summed E-state index contributed by atoms with van der Waals surface area (Å²) in [5, 5.41) is 3.88. The zero-order valence-electron chi connectivity index (χ0n) is 15.9. The standard InChI is InChI=1S/C21H15Cl2N3O4/c1-28-14-9-15(29-2)18(23)16(17(14)22)13-8-11-10-24-21(26-19(11)30-20(13)27)25-12-6-4-3-5-7-12/h3-10H,1-2H3,(H,24,25,26). The first-order chi connectivity index (χ1) is 14.5. The van der Waals surface area contributed by atoms with E-state index >= 15 is 0 Å². The van der Waals surface area contributed by atoms with Gasteiger partial charge in [0.15, 0.2) is 0 Å². The molecule has 7 nitrogen and oxygen atoms in total. The van der Waals surface area contributed by atoms with Crippen LogP contribution in [-0.2, 0) is 0 Å². The minimum atomic E-state index is -0.661. The number of nitrogens with zero attached hydrogens (tertiary/aromatic N) is 2. The summed E-state index contributed by atoms with van der Waals surface area (Å²) < 4.78 is 16.0. The summed E-state index contributed by atoms with van der Waals surface area (Å²) in [7, 11) is 2.91. The van der Waals surface area contributed by atoms with E-state index in [0.717, 1.165) is 5.69 Å². The van der Waals surface area contributed by atoms with Gasteiger partial charge >= 0.3 is 5.63 Å².